The highest BCUT2D eigenvalue weighted by Crippen LogP contribution is 2.34. The highest BCUT2D eigenvalue weighted by molar-refractivity contribution is 7.99. The molecule has 4 rings (SSSR count). The fourth-order valence-electron chi connectivity index (χ4n) is 3.72. The Hall–Kier alpha value is -1.79. The van der Waals surface area contributed by atoms with Crippen LogP contribution in [0.15, 0.2) is 36.4 Å². The summed E-state index contributed by atoms with van der Waals surface area (Å²) in [4.78, 5) is 29.7. The third-order valence-electron chi connectivity index (χ3n) is 5.30. The second-order valence-electron chi connectivity index (χ2n) is 7.40. The van der Waals surface area contributed by atoms with Gasteiger partial charge in [-0.25, -0.2) is 0 Å². The molecule has 1 aliphatic heterocycles. The van der Waals surface area contributed by atoms with Crippen LogP contribution in [0.3, 0.4) is 0 Å². The van der Waals surface area contributed by atoms with E-state index in [1.54, 1.807) is 28.0 Å². The summed E-state index contributed by atoms with van der Waals surface area (Å²) in [6.07, 6.45) is 3.34. The van der Waals surface area contributed by atoms with Gasteiger partial charge in [0.25, 0.3) is 5.91 Å². The van der Waals surface area contributed by atoms with Gasteiger partial charge in [0.2, 0.25) is 5.91 Å². The van der Waals surface area contributed by atoms with E-state index < -0.39 is 0 Å². The van der Waals surface area contributed by atoms with Crippen molar-refractivity contribution in [2.45, 2.75) is 38.8 Å². The number of benzene rings is 1. The average molecular weight is 401 g/mol. The summed E-state index contributed by atoms with van der Waals surface area (Å²) in [5.74, 6) is 1.88. The first kappa shape index (κ1) is 18.6. The van der Waals surface area contributed by atoms with Crippen LogP contribution in [-0.2, 0) is 24.2 Å². The van der Waals surface area contributed by atoms with E-state index in [0.29, 0.717) is 24.1 Å². The number of rotatable bonds is 4. The van der Waals surface area contributed by atoms with E-state index in [4.69, 9.17) is 0 Å². The average Bonchev–Trinajstić information content (AvgIpc) is 3.33. The maximum absolute atomic E-state index is 13.1. The van der Waals surface area contributed by atoms with Gasteiger partial charge in [-0.05, 0) is 42.4 Å². The molecule has 0 spiro atoms. The highest BCUT2D eigenvalue weighted by Gasteiger charge is 2.36. The van der Waals surface area contributed by atoms with E-state index >= 15 is 0 Å². The molecule has 2 atom stereocenters. The summed E-state index contributed by atoms with van der Waals surface area (Å²) >= 11 is 3.27. The van der Waals surface area contributed by atoms with Crippen molar-refractivity contribution in [2.75, 3.05) is 11.6 Å². The normalized spacial score (nSPS) is 21.7. The molecule has 2 aromatic rings. The lowest BCUT2D eigenvalue weighted by molar-refractivity contribution is -0.124. The van der Waals surface area contributed by atoms with Crippen LogP contribution in [-0.4, -0.2) is 34.4 Å². The van der Waals surface area contributed by atoms with Gasteiger partial charge < -0.3 is 10.2 Å². The second-order valence-corrected chi connectivity index (χ2v) is 9.54. The molecule has 2 heterocycles. The standard InChI is InChI=1S/C21H24N2O2S2/c1-14-7-8-18-16(9-14)10-19(27-18)21(25)23-13-26-12-17(23)20(24)22-11-15-5-3-2-4-6-15/h2-6,10,14,17H,7-9,11-13H2,1H3,(H,22,24)/t14-,17+/m0/s1. The summed E-state index contributed by atoms with van der Waals surface area (Å²) < 4.78 is 0. The molecule has 142 valence electrons. The number of fused-ring (bicyclic) bond motifs is 1. The Balaban J connectivity index is 1.43. The topological polar surface area (TPSA) is 49.4 Å². The van der Waals surface area contributed by atoms with Crippen molar-refractivity contribution >= 4 is 34.9 Å². The van der Waals surface area contributed by atoms with Gasteiger partial charge in [-0.15, -0.1) is 23.1 Å². The first-order chi connectivity index (χ1) is 13.1. The molecule has 2 amide bonds. The number of hydrogen-bond acceptors (Lipinski definition) is 4. The Kier molecular flexibility index (Phi) is 5.55. The molecule has 4 nitrogen and oxygen atoms in total. The monoisotopic (exact) mass is 400 g/mol. The summed E-state index contributed by atoms with van der Waals surface area (Å²) in [7, 11) is 0. The number of amides is 2. The zero-order valence-corrected chi connectivity index (χ0v) is 17.1. The fourth-order valence-corrected chi connectivity index (χ4v) is 6.03. The lowest BCUT2D eigenvalue weighted by atomic mass is 9.90. The number of carbonyl (C=O) groups is 2. The largest absolute Gasteiger partial charge is 0.350 e. The molecule has 1 aromatic carbocycles. The maximum Gasteiger partial charge on any atom is 0.265 e. The lowest BCUT2D eigenvalue weighted by Gasteiger charge is -2.22. The van der Waals surface area contributed by atoms with Crippen LogP contribution < -0.4 is 5.32 Å². The Morgan fingerprint density at radius 1 is 1.26 bits per heavy atom. The molecule has 0 saturated carbocycles. The molecule has 1 fully saturated rings. The number of aryl methyl sites for hydroxylation is 1. The van der Waals surface area contributed by atoms with Crippen molar-refractivity contribution in [3.63, 3.8) is 0 Å². The van der Waals surface area contributed by atoms with Gasteiger partial charge in [0.15, 0.2) is 0 Å². The molecule has 2 aliphatic rings. The zero-order valence-electron chi connectivity index (χ0n) is 15.4. The highest BCUT2D eigenvalue weighted by atomic mass is 32.2. The van der Waals surface area contributed by atoms with Gasteiger partial charge in [-0.1, -0.05) is 37.3 Å². The quantitative estimate of drug-likeness (QED) is 0.851. The molecule has 0 bridgehead atoms. The third kappa shape index (κ3) is 4.06. The van der Waals surface area contributed by atoms with Crippen molar-refractivity contribution in [3.05, 3.63) is 57.3 Å². The maximum atomic E-state index is 13.1. The fraction of sp³-hybridized carbons (Fsp3) is 0.429. The Bertz CT molecular complexity index is 834. The lowest BCUT2D eigenvalue weighted by Crippen LogP contribution is -2.46. The second kappa shape index (κ2) is 8.07. The molecule has 1 saturated heterocycles. The van der Waals surface area contributed by atoms with E-state index in [1.807, 2.05) is 30.3 Å². The van der Waals surface area contributed by atoms with Crippen LogP contribution in [0.2, 0.25) is 0 Å². The Morgan fingerprint density at radius 2 is 2.07 bits per heavy atom. The van der Waals surface area contributed by atoms with Crippen molar-refractivity contribution in [2.24, 2.45) is 5.92 Å². The van der Waals surface area contributed by atoms with Crippen LogP contribution in [0, 0.1) is 5.92 Å². The predicted octanol–water partition coefficient (Wildman–Crippen LogP) is 3.70. The zero-order chi connectivity index (χ0) is 18.8. The van der Waals surface area contributed by atoms with Gasteiger partial charge >= 0.3 is 0 Å². The minimum absolute atomic E-state index is 0.00640. The van der Waals surface area contributed by atoms with Crippen LogP contribution in [0.5, 0.6) is 0 Å². The van der Waals surface area contributed by atoms with Gasteiger partial charge in [0.05, 0.1) is 10.8 Å². The van der Waals surface area contributed by atoms with Crippen molar-refractivity contribution in [3.8, 4) is 0 Å². The number of nitrogens with zero attached hydrogens (tertiary/aromatic N) is 1. The number of hydrogen-bond donors (Lipinski definition) is 1. The molecule has 27 heavy (non-hydrogen) atoms. The predicted molar refractivity (Wildman–Crippen MR) is 111 cm³/mol. The van der Waals surface area contributed by atoms with Gasteiger partial charge in [-0.3, -0.25) is 9.59 Å². The number of thiophene rings is 1. The van der Waals surface area contributed by atoms with Crippen LogP contribution in [0.4, 0.5) is 0 Å². The van der Waals surface area contributed by atoms with Crippen LogP contribution >= 0.6 is 23.1 Å². The molecule has 0 unspecified atom stereocenters. The van der Waals surface area contributed by atoms with Crippen molar-refractivity contribution in [1.29, 1.82) is 0 Å². The van der Waals surface area contributed by atoms with Gasteiger partial charge in [0.1, 0.15) is 6.04 Å². The van der Waals surface area contributed by atoms with Crippen molar-refractivity contribution < 1.29 is 9.59 Å². The molecule has 1 aliphatic carbocycles. The third-order valence-corrected chi connectivity index (χ3v) is 7.53. The number of carbonyl (C=O) groups excluding carboxylic acids is 2. The Labute approximate surface area is 168 Å². The number of thioether (sulfide) groups is 1. The molecule has 1 N–H and O–H groups in total. The number of nitrogens with one attached hydrogen (secondary N) is 1. The van der Waals surface area contributed by atoms with E-state index in [-0.39, 0.29) is 17.9 Å². The van der Waals surface area contributed by atoms with Crippen molar-refractivity contribution in [1.82, 2.24) is 10.2 Å². The van der Waals surface area contributed by atoms with Gasteiger partial charge in [-0.2, -0.15) is 0 Å². The summed E-state index contributed by atoms with van der Waals surface area (Å²) in [5, 5.41) is 2.99. The smallest absolute Gasteiger partial charge is 0.265 e. The molecular formula is C21H24N2O2S2. The van der Waals surface area contributed by atoms with Crippen LogP contribution in [0.25, 0.3) is 0 Å². The first-order valence-electron chi connectivity index (χ1n) is 9.43. The molecular weight excluding hydrogens is 376 g/mol. The minimum atomic E-state index is -0.385. The molecule has 0 radical (unpaired) electrons. The Morgan fingerprint density at radius 3 is 2.89 bits per heavy atom. The molecule has 6 heteroatoms. The van der Waals surface area contributed by atoms with E-state index in [1.165, 1.54) is 16.9 Å². The SMILES string of the molecule is C[C@H]1CCc2sc(C(=O)N3CSC[C@@H]3C(=O)NCc3ccccc3)cc2C1. The summed E-state index contributed by atoms with van der Waals surface area (Å²) in [5.41, 5.74) is 2.40. The minimum Gasteiger partial charge on any atom is -0.350 e. The van der Waals surface area contributed by atoms with E-state index in [2.05, 4.69) is 18.3 Å². The van der Waals surface area contributed by atoms with Gasteiger partial charge in [0, 0.05) is 17.2 Å². The van der Waals surface area contributed by atoms with E-state index in [9.17, 15) is 9.59 Å². The summed E-state index contributed by atoms with van der Waals surface area (Å²) in [6, 6.07) is 11.5. The van der Waals surface area contributed by atoms with E-state index in [0.717, 1.165) is 23.3 Å². The molecule has 1 aromatic heterocycles. The summed E-state index contributed by atoms with van der Waals surface area (Å²) in [6.45, 7) is 2.76. The first-order valence-corrected chi connectivity index (χ1v) is 11.4. The van der Waals surface area contributed by atoms with Crippen LogP contribution in [0.1, 0.15) is 39.0 Å².